The molecule has 0 saturated heterocycles. The van der Waals surface area contributed by atoms with E-state index in [1.807, 2.05) is 0 Å². The number of nitrogens with one attached hydrogen (secondary N) is 1. The van der Waals surface area contributed by atoms with Crippen molar-refractivity contribution in [1.29, 1.82) is 0 Å². The van der Waals surface area contributed by atoms with Crippen LogP contribution in [0.2, 0.25) is 0 Å². The molecule has 0 saturated carbocycles. The number of methoxy groups -OCH3 is 2. The number of hydrogen-bond donors (Lipinski definition) is 1. The highest BCUT2D eigenvalue weighted by molar-refractivity contribution is 5.27. The Kier molecular flexibility index (Phi) is 8.19. The van der Waals surface area contributed by atoms with Gasteiger partial charge in [0.15, 0.2) is 6.29 Å². The Morgan fingerprint density at radius 2 is 1.71 bits per heavy atom. The van der Waals surface area contributed by atoms with Crippen molar-refractivity contribution < 1.29 is 23.0 Å². The van der Waals surface area contributed by atoms with Gasteiger partial charge in [0.05, 0.1) is 0 Å². The Labute approximate surface area is 124 Å². The molecule has 1 aromatic rings. The number of halogens is 2. The van der Waals surface area contributed by atoms with Gasteiger partial charge in [0.1, 0.15) is 5.75 Å². The molecule has 1 rings (SSSR count). The minimum atomic E-state index is -2.78. The van der Waals surface area contributed by atoms with Gasteiger partial charge in [0, 0.05) is 26.8 Å². The average molecular weight is 303 g/mol. The van der Waals surface area contributed by atoms with E-state index in [0.29, 0.717) is 12.6 Å². The third-order valence-electron chi connectivity index (χ3n) is 3.17. The molecule has 0 aliphatic heterocycles. The van der Waals surface area contributed by atoms with Crippen molar-refractivity contribution in [1.82, 2.24) is 5.32 Å². The highest BCUT2D eigenvalue weighted by atomic mass is 19.3. The zero-order chi connectivity index (χ0) is 15.7. The molecule has 0 aromatic heterocycles. The number of rotatable bonds is 10. The average Bonchev–Trinajstić information content (AvgIpc) is 2.47. The molecular weight excluding hydrogens is 280 g/mol. The summed E-state index contributed by atoms with van der Waals surface area (Å²) in [5.74, 6) is 0.183. The van der Waals surface area contributed by atoms with E-state index in [1.54, 1.807) is 38.5 Å². The van der Waals surface area contributed by atoms with Gasteiger partial charge in [-0.15, -0.1) is 0 Å². The SMILES string of the molecule is COC(CNC(C)CCc1ccc(OC(F)F)cc1)OC. The van der Waals surface area contributed by atoms with E-state index in [9.17, 15) is 8.78 Å². The van der Waals surface area contributed by atoms with E-state index in [0.717, 1.165) is 18.4 Å². The van der Waals surface area contributed by atoms with Gasteiger partial charge in [-0.1, -0.05) is 12.1 Å². The predicted molar refractivity (Wildman–Crippen MR) is 76.7 cm³/mol. The topological polar surface area (TPSA) is 39.7 Å². The summed E-state index contributed by atoms with van der Waals surface area (Å²) >= 11 is 0. The predicted octanol–water partition coefficient (Wildman–Crippen LogP) is 2.82. The van der Waals surface area contributed by atoms with Crippen LogP contribution >= 0.6 is 0 Å². The van der Waals surface area contributed by atoms with Crippen LogP contribution in [0.25, 0.3) is 0 Å². The number of alkyl halides is 2. The molecule has 1 atom stereocenters. The molecule has 0 heterocycles. The fourth-order valence-corrected chi connectivity index (χ4v) is 1.88. The Hall–Kier alpha value is -1.24. The quantitative estimate of drug-likeness (QED) is 0.675. The van der Waals surface area contributed by atoms with Crippen LogP contribution in [-0.4, -0.2) is 39.7 Å². The first-order valence-corrected chi connectivity index (χ1v) is 6.88. The third kappa shape index (κ3) is 7.36. The van der Waals surface area contributed by atoms with Crippen LogP contribution in [0.3, 0.4) is 0 Å². The summed E-state index contributed by atoms with van der Waals surface area (Å²) in [6.45, 7) is -0.0824. The molecule has 0 amide bonds. The third-order valence-corrected chi connectivity index (χ3v) is 3.17. The van der Waals surface area contributed by atoms with Gasteiger partial charge in [-0.2, -0.15) is 8.78 Å². The lowest BCUT2D eigenvalue weighted by Crippen LogP contribution is -2.35. The Bertz CT molecular complexity index is 383. The van der Waals surface area contributed by atoms with Crippen molar-refractivity contribution in [2.24, 2.45) is 0 Å². The van der Waals surface area contributed by atoms with E-state index in [2.05, 4.69) is 17.0 Å². The van der Waals surface area contributed by atoms with Crippen LogP contribution in [-0.2, 0) is 15.9 Å². The molecule has 6 heteroatoms. The van der Waals surface area contributed by atoms with Gasteiger partial charge in [0.25, 0.3) is 0 Å². The van der Waals surface area contributed by atoms with Crippen molar-refractivity contribution in [3.63, 3.8) is 0 Å². The maximum Gasteiger partial charge on any atom is 0.387 e. The summed E-state index contributed by atoms with van der Waals surface area (Å²) in [7, 11) is 3.20. The Morgan fingerprint density at radius 3 is 2.24 bits per heavy atom. The summed E-state index contributed by atoms with van der Waals surface area (Å²) in [6.07, 6.45) is 1.53. The largest absolute Gasteiger partial charge is 0.435 e. The molecule has 0 radical (unpaired) electrons. The number of benzene rings is 1. The smallest absolute Gasteiger partial charge is 0.387 e. The van der Waals surface area contributed by atoms with Crippen molar-refractivity contribution in [2.75, 3.05) is 20.8 Å². The Morgan fingerprint density at radius 1 is 1.10 bits per heavy atom. The van der Waals surface area contributed by atoms with Crippen molar-refractivity contribution in [3.05, 3.63) is 29.8 Å². The zero-order valence-electron chi connectivity index (χ0n) is 12.6. The number of hydrogen-bond acceptors (Lipinski definition) is 4. The highest BCUT2D eigenvalue weighted by Gasteiger charge is 2.08. The maximum absolute atomic E-state index is 12.0. The minimum Gasteiger partial charge on any atom is -0.435 e. The van der Waals surface area contributed by atoms with Gasteiger partial charge in [-0.3, -0.25) is 0 Å². The maximum atomic E-state index is 12.0. The lowest BCUT2D eigenvalue weighted by Gasteiger charge is -2.18. The minimum absolute atomic E-state index is 0.183. The first-order chi connectivity index (χ1) is 10.0. The second-order valence-electron chi connectivity index (χ2n) is 4.77. The van der Waals surface area contributed by atoms with Crippen LogP contribution in [0.1, 0.15) is 18.9 Å². The molecule has 0 fully saturated rings. The van der Waals surface area contributed by atoms with Crippen LogP contribution in [0, 0.1) is 0 Å². The summed E-state index contributed by atoms with van der Waals surface area (Å²) < 4.78 is 38.6. The molecule has 1 aromatic carbocycles. The van der Waals surface area contributed by atoms with Crippen LogP contribution in [0.5, 0.6) is 5.75 Å². The molecule has 0 bridgehead atoms. The van der Waals surface area contributed by atoms with Gasteiger partial charge >= 0.3 is 6.61 Å². The Balaban J connectivity index is 2.30. The van der Waals surface area contributed by atoms with Gasteiger partial charge in [0.2, 0.25) is 0 Å². The lowest BCUT2D eigenvalue weighted by atomic mass is 10.1. The molecule has 0 spiro atoms. The molecule has 0 aliphatic carbocycles. The van der Waals surface area contributed by atoms with Crippen molar-refractivity contribution in [3.8, 4) is 5.75 Å². The number of ether oxygens (including phenoxy) is 3. The van der Waals surface area contributed by atoms with Gasteiger partial charge in [-0.25, -0.2) is 0 Å². The van der Waals surface area contributed by atoms with Crippen molar-refractivity contribution in [2.45, 2.75) is 38.7 Å². The van der Waals surface area contributed by atoms with E-state index in [1.165, 1.54) is 0 Å². The molecule has 21 heavy (non-hydrogen) atoms. The van der Waals surface area contributed by atoms with Gasteiger partial charge in [-0.05, 0) is 37.5 Å². The monoisotopic (exact) mass is 303 g/mol. The molecular formula is C15H23F2NO3. The molecule has 1 unspecified atom stereocenters. The van der Waals surface area contributed by atoms with E-state index < -0.39 is 6.61 Å². The summed E-state index contributed by atoms with van der Waals surface area (Å²) in [6, 6.07) is 7.03. The summed E-state index contributed by atoms with van der Waals surface area (Å²) in [4.78, 5) is 0. The summed E-state index contributed by atoms with van der Waals surface area (Å²) in [5, 5.41) is 3.32. The van der Waals surface area contributed by atoms with E-state index >= 15 is 0 Å². The van der Waals surface area contributed by atoms with E-state index in [-0.39, 0.29) is 12.0 Å². The second-order valence-corrected chi connectivity index (χ2v) is 4.77. The van der Waals surface area contributed by atoms with Crippen LogP contribution < -0.4 is 10.1 Å². The molecule has 1 N–H and O–H groups in total. The van der Waals surface area contributed by atoms with Crippen LogP contribution in [0.15, 0.2) is 24.3 Å². The fourth-order valence-electron chi connectivity index (χ4n) is 1.88. The fraction of sp³-hybridized carbons (Fsp3) is 0.600. The van der Waals surface area contributed by atoms with Gasteiger partial charge < -0.3 is 19.5 Å². The summed E-state index contributed by atoms with van der Waals surface area (Å²) in [5.41, 5.74) is 1.08. The lowest BCUT2D eigenvalue weighted by molar-refractivity contribution is -0.0997. The molecule has 0 aliphatic rings. The second kappa shape index (κ2) is 9.65. The van der Waals surface area contributed by atoms with Crippen molar-refractivity contribution >= 4 is 0 Å². The standard InChI is InChI=1S/C15H23F2NO3/c1-11(18-10-14(19-2)20-3)4-5-12-6-8-13(9-7-12)21-15(16)17/h6-9,11,14-15,18H,4-5,10H2,1-3H3. The van der Waals surface area contributed by atoms with Crippen LogP contribution in [0.4, 0.5) is 8.78 Å². The first-order valence-electron chi connectivity index (χ1n) is 6.88. The van der Waals surface area contributed by atoms with E-state index in [4.69, 9.17) is 9.47 Å². The molecule has 120 valence electrons. The normalized spacial score (nSPS) is 12.9. The highest BCUT2D eigenvalue weighted by Crippen LogP contribution is 2.16. The molecule has 4 nitrogen and oxygen atoms in total. The zero-order valence-corrected chi connectivity index (χ0v) is 12.6. The first kappa shape index (κ1) is 17.8. The number of aryl methyl sites for hydroxylation is 1.